The molecule has 6 heteroatoms. The van der Waals surface area contributed by atoms with E-state index >= 15 is 0 Å². The molecule has 0 unspecified atom stereocenters. The summed E-state index contributed by atoms with van der Waals surface area (Å²) in [6.07, 6.45) is 1.52. The number of nitrogens with zero attached hydrogens (tertiary/aromatic N) is 2. The van der Waals surface area contributed by atoms with Crippen molar-refractivity contribution in [2.24, 2.45) is 5.10 Å². The van der Waals surface area contributed by atoms with Gasteiger partial charge in [-0.2, -0.15) is 5.10 Å². The number of hydrogen-bond donors (Lipinski definition) is 1. The molecule has 0 aliphatic rings. The Kier molecular flexibility index (Phi) is 4.10. The molecule has 0 aromatic heterocycles. The predicted molar refractivity (Wildman–Crippen MR) is 75.8 cm³/mol. The van der Waals surface area contributed by atoms with E-state index < -0.39 is 4.92 Å². The molecule has 0 radical (unpaired) electrons. The topological polar surface area (TPSA) is 67.5 Å². The number of nitro benzene ring substituents is 1. The van der Waals surface area contributed by atoms with Crippen molar-refractivity contribution in [2.45, 2.75) is 0 Å². The quantitative estimate of drug-likeness (QED) is 0.525. The number of hydrogen-bond acceptors (Lipinski definition) is 4. The third-order valence-corrected chi connectivity index (χ3v) is 2.58. The van der Waals surface area contributed by atoms with Crippen LogP contribution in [0.25, 0.3) is 0 Å². The standard InChI is InChI=1S/C13H10ClN3O2/c14-11-4-6-12(7-5-11)16-15-9-10-2-1-3-13(8-10)17(18)19/h1-9,16H/b15-9-. The number of anilines is 1. The van der Waals surface area contributed by atoms with Crippen LogP contribution in [0.15, 0.2) is 53.6 Å². The van der Waals surface area contributed by atoms with Crippen molar-refractivity contribution in [3.63, 3.8) is 0 Å². The maximum absolute atomic E-state index is 10.6. The van der Waals surface area contributed by atoms with E-state index in [0.29, 0.717) is 10.6 Å². The van der Waals surface area contributed by atoms with Gasteiger partial charge in [0, 0.05) is 22.7 Å². The first-order valence-electron chi connectivity index (χ1n) is 5.44. The molecule has 0 aliphatic carbocycles. The largest absolute Gasteiger partial charge is 0.279 e. The van der Waals surface area contributed by atoms with Crippen molar-refractivity contribution in [3.8, 4) is 0 Å². The molecule has 0 saturated carbocycles. The summed E-state index contributed by atoms with van der Waals surface area (Å²) < 4.78 is 0. The summed E-state index contributed by atoms with van der Waals surface area (Å²) in [6.45, 7) is 0. The summed E-state index contributed by atoms with van der Waals surface area (Å²) in [5.74, 6) is 0. The number of rotatable bonds is 4. The van der Waals surface area contributed by atoms with Gasteiger partial charge in [-0.3, -0.25) is 15.5 Å². The minimum atomic E-state index is -0.441. The molecule has 0 saturated heterocycles. The molecule has 2 aromatic carbocycles. The number of nitro groups is 1. The van der Waals surface area contributed by atoms with E-state index in [9.17, 15) is 10.1 Å². The van der Waals surface area contributed by atoms with Gasteiger partial charge in [-0.1, -0.05) is 23.7 Å². The van der Waals surface area contributed by atoms with Gasteiger partial charge in [0.05, 0.1) is 16.8 Å². The highest BCUT2D eigenvalue weighted by Gasteiger charge is 2.03. The van der Waals surface area contributed by atoms with Crippen LogP contribution in [0.2, 0.25) is 5.02 Å². The molecule has 0 heterocycles. The van der Waals surface area contributed by atoms with Gasteiger partial charge >= 0.3 is 0 Å². The Labute approximate surface area is 114 Å². The Hall–Kier alpha value is -2.40. The molecule has 19 heavy (non-hydrogen) atoms. The van der Waals surface area contributed by atoms with E-state index in [1.54, 1.807) is 36.4 Å². The minimum absolute atomic E-state index is 0.0374. The normalized spacial score (nSPS) is 10.6. The van der Waals surface area contributed by atoms with Gasteiger partial charge in [-0.05, 0) is 24.3 Å². The van der Waals surface area contributed by atoms with Crippen LogP contribution in [-0.2, 0) is 0 Å². The summed E-state index contributed by atoms with van der Waals surface area (Å²) in [6, 6.07) is 13.3. The molecule has 0 fully saturated rings. The number of halogens is 1. The fourth-order valence-electron chi connectivity index (χ4n) is 1.42. The Morgan fingerprint density at radius 3 is 2.63 bits per heavy atom. The lowest BCUT2D eigenvalue weighted by Gasteiger charge is -1.99. The van der Waals surface area contributed by atoms with E-state index in [2.05, 4.69) is 10.5 Å². The highest BCUT2D eigenvalue weighted by atomic mass is 35.5. The smallest absolute Gasteiger partial charge is 0.270 e. The van der Waals surface area contributed by atoms with Crippen LogP contribution in [-0.4, -0.2) is 11.1 Å². The maximum Gasteiger partial charge on any atom is 0.270 e. The van der Waals surface area contributed by atoms with E-state index in [1.807, 2.05) is 0 Å². The van der Waals surface area contributed by atoms with E-state index in [1.165, 1.54) is 18.3 Å². The highest BCUT2D eigenvalue weighted by molar-refractivity contribution is 6.30. The van der Waals surface area contributed by atoms with Crippen molar-refractivity contribution >= 4 is 29.2 Å². The Balaban J connectivity index is 2.04. The number of benzene rings is 2. The molecule has 0 amide bonds. The van der Waals surface area contributed by atoms with Crippen LogP contribution in [0.4, 0.5) is 11.4 Å². The summed E-state index contributed by atoms with van der Waals surface area (Å²) in [5.41, 5.74) is 4.28. The number of hydrazone groups is 1. The van der Waals surface area contributed by atoms with E-state index in [0.717, 1.165) is 5.69 Å². The van der Waals surface area contributed by atoms with Crippen molar-refractivity contribution < 1.29 is 4.92 Å². The molecular weight excluding hydrogens is 266 g/mol. The van der Waals surface area contributed by atoms with Gasteiger partial charge in [0.25, 0.3) is 5.69 Å². The molecule has 0 spiro atoms. The van der Waals surface area contributed by atoms with Gasteiger partial charge in [0.15, 0.2) is 0 Å². The zero-order chi connectivity index (χ0) is 13.7. The van der Waals surface area contributed by atoms with Gasteiger partial charge in [-0.15, -0.1) is 0 Å². The van der Waals surface area contributed by atoms with Crippen LogP contribution in [0, 0.1) is 10.1 Å². The molecular formula is C13H10ClN3O2. The lowest BCUT2D eigenvalue weighted by atomic mass is 10.2. The van der Waals surface area contributed by atoms with Gasteiger partial charge in [0.1, 0.15) is 0 Å². The molecule has 5 nitrogen and oxygen atoms in total. The first kappa shape index (κ1) is 13.0. The lowest BCUT2D eigenvalue weighted by Crippen LogP contribution is -1.92. The zero-order valence-corrected chi connectivity index (χ0v) is 10.5. The lowest BCUT2D eigenvalue weighted by molar-refractivity contribution is -0.384. The third kappa shape index (κ3) is 3.79. The molecule has 96 valence electrons. The summed E-state index contributed by atoms with van der Waals surface area (Å²) in [4.78, 5) is 10.2. The number of non-ortho nitro benzene ring substituents is 1. The monoisotopic (exact) mass is 275 g/mol. The first-order chi connectivity index (χ1) is 9.15. The molecule has 1 N–H and O–H groups in total. The summed E-state index contributed by atoms with van der Waals surface area (Å²) in [5, 5.41) is 15.3. The maximum atomic E-state index is 10.6. The second-order valence-electron chi connectivity index (χ2n) is 3.73. The van der Waals surface area contributed by atoms with Crippen LogP contribution in [0.1, 0.15) is 5.56 Å². The molecule has 0 bridgehead atoms. The fraction of sp³-hybridized carbons (Fsp3) is 0. The van der Waals surface area contributed by atoms with Crippen molar-refractivity contribution in [3.05, 3.63) is 69.2 Å². The first-order valence-corrected chi connectivity index (χ1v) is 5.82. The molecule has 2 aromatic rings. The summed E-state index contributed by atoms with van der Waals surface area (Å²) in [7, 11) is 0. The second kappa shape index (κ2) is 5.97. The SMILES string of the molecule is O=[N+]([O-])c1cccc(/C=N\Nc2ccc(Cl)cc2)c1. The Bertz CT molecular complexity index is 612. The fourth-order valence-corrected chi connectivity index (χ4v) is 1.55. The van der Waals surface area contributed by atoms with E-state index in [-0.39, 0.29) is 5.69 Å². The van der Waals surface area contributed by atoms with Crippen LogP contribution < -0.4 is 5.43 Å². The minimum Gasteiger partial charge on any atom is -0.279 e. The van der Waals surface area contributed by atoms with Gasteiger partial charge in [0.2, 0.25) is 0 Å². The zero-order valence-electron chi connectivity index (χ0n) is 9.79. The average Bonchev–Trinajstić information content (AvgIpc) is 2.41. The predicted octanol–water partition coefficient (Wildman–Crippen LogP) is 3.69. The van der Waals surface area contributed by atoms with E-state index in [4.69, 9.17) is 11.6 Å². The Morgan fingerprint density at radius 2 is 1.95 bits per heavy atom. The summed E-state index contributed by atoms with van der Waals surface area (Å²) >= 11 is 5.76. The second-order valence-corrected chi connectivity index (χ2v) is 4.17. The van der Waals surface area contributed by atoms with Crippen LogP contribution in [0.3, 0.4) is 0 Å². The Morgan fingerprint density at radius 1 is 1.21 bits per heavy atom. The van der Waals surface area contributed by atoms with Crippen molar-refractivity contribution in [1.82, 2.24) is 0 Å². The molecule has 2 rings (SSSR count). The number of nitrogens with one attached hydrogen (secondary N) is 1. The van der Waals surface area contributed by atoms with Gasteiger partial charge in [-0.25, -0.2) is 0 Å². The van der Waals surface area contributed by atoms with Crippen LogP contribution >= 0.6 is 11.6 Å². The van der Waals surface area contributed by atoms with Crippen molar-refractivity contribution in [2.75, 3.05) is 5.43 Å². The average molecular weight is 276 g/mol. The molecule has 0 aliphatic heterocycles. The van der Waals surface area contributed by atoms with Crippen molar-refractivity contribution in [1.29, 1.82) is 0 Å². The van der Waals surface area contributed by atoms with Gasteiger partial charge < -0.3 is 0 Å². The molecule has 0 atom stereocenters. The van der Waals surface area contributed by atoms with Crippen LogP contribution in [0.5, 0.6) is 0 Å². The highest BCUT2D eigenvalue weighted by Crippen LogP contribution is 2.14. The third-order valence-electron chi connectivity index (χ3n) is 2.33.